The quantitative estimate of drug-likeness (QED) is 0.841. The molecular weight excluding hydrogens is 257 g/mol. The van der Waals surface area contributed by atoms with E-state index in [9.17, 15) is 0 Å². The highest BCUT2D eigenvalue weighted by Crippen LogP contribution is 2.27. The first-order valence-corrected chi connectivity index (χ1v) is 6.41. The first kappa shape index (κ1) is 14.4. The molecule has 1 unspecified atom stereocenters. The summed E-state index contributed by atoms with van der Waals surface area (Å²) < 4.78 is 5.45. The van der Waals surface area contributed by atoms with Gasteiger partial charge < -0.3 is 10.1 Å². The molecule has 0 fully saturated rings. The normalized spacial score (nSPS) is 12.9. The summed E-state index contributed by atoms with van der Waals surface area (Å²) in [6, 6.07) is 6.11. The first-order chi connectivity index (χ1) is 8.19. The summed E-state index contributed by atoms with van der Waals surface area (Å²) in [5.41, 5.74) is 2.58. The van der Waals surface area contributed by atoms with E-state index in [1.807, 2.05) is 18.2 Å². The lowest BCUT2D eigenvalue weighted by molar-refractivity contribution is 0.363. The zero-order valence-corrected chi connectivity index (χ0v) is 11.6. The summed E-state index contributed by atoms with van der Waals surface area (Å²) in [6.07, 6.45) is 1.72. The highest BCUT2D eigenvalue weighted by atomic mass is 35.5. The molecule has 0 aromatic heterocycles. The monoisotopic (exact) mass is 273 g/mol. The van der Waals surface area contributed by atoms with Gasteiger partial charge in [-0.3, -0.25) is 0 Å². The van der Waals surface area contributed by atoms with Crippen LogP contribution in [0.25, 0.3) is 0 Å². The summed E-state index contributed by atoms with van der Waals surface area (Å²) in [4.78, 5) is 0. The average molecular weight is 274 g/mol. The predicted molar refractivity (Wildman–Crippen MR) is 74.0 cm³/mol. The van der Waals surface area contributed by atoms with Crippen LogP contribution in [-0.4, -0.2) is 13.2 Å². The van der Waals surface area contributed by atoms with Gasteiger partial charge in [-0.25, -0.2) is 0 Å². The maximum absolute atomic E-state index is 6.14. The minimum absolute atomic E-state index is 0.286. The second-order valence-electron chi connectivity index (χ2n) is 3.64. The van der Waals surface area contributed by atoms with Gasteiger partial charge in [-0.05, 0) is 37.2 Å². The summed E-state index contributed by atoms with van der Waals surface area (Å²) in [5.74, 6) is 0.675. The van der Waals surface area contributed by atoms with Gasteiger partial charge in [0, 0.05) is 11.6 Å². The van der Waals surface area contributed by atoms with E-state index in [0.717, 1.165) is 12.1 Å². The van der Waals surface area contributed by atoms with Crippen LogP contribution in [-0.2, 0) is 0 Å². The van der Waals surface area contributed by atoms with E-state index in [-0.39, 0.29) is 6.04 Å². The summed E-state index contributed by atoms with van der Waals surface area (Å²) in [5, 5.41) is 3.95. The Kier molecular flexibility index (Phi) is 6.41. The third-order valence-corrected chi connectivity index (χ3v) is 2.86. The smallest absolute Gasteiger partial charge is 0.138 e. The van der Waals surface area contributed by atoms with Crippen molar-refractivity contribution < 1.29 is 4.74 Å². The van der Waals surface area contributed by atoms with Crippen LogP contribution in [0.4, 0.5) is 0 Å². The van der Waals surface area contributed by atoms with Gasteiger partial charge in [0.1, 0.15) is 12.4 Å². The average Bonchev–Trinajstić information content (AvgIpc) is 2.31. The summed E-state index contributed by atoms with van der Waals surface area (Å²) >= 11 is 11.5. The molecule has 0 aliphatic rings. The Hall–Kier alpha value is -0.700. The van der Waals surface area contributed by atoms with E-state index in [0.29, 0.717) is 17.4 Å². The molecule has 0 bridgehead atoms. The third kappa shape index (κ3) is 4.58. The highest BCUT2D eigenvalue weighted by molar-refractivity contribution is 6.32. The lowest BCUT2D eigenvalue weighted by Crippen LogP contribution is -2.17. The van der Waals surface area contributed by atoms with Crippen LogP contribution in [0.1, 0.15) is 25.5 Å². The third-order valence-electron chi connectivity index (χ3n) is 2.39. The molecule has 0 amide bonds. The van der Waals surface area contributed by atoms with Crippen molar-refractivity contribution in [3.8, 4) is 5.75 Å². The van der Waals surface area contributed by atoms with E-state index < -0.39 is 0 Å². The van der Waals surface area contributed by atoms with Gasteiger partial charge in [0.05, 0.1) is 5.02 Å². The van der Waals surface area contributed by atoms with Gasteiger partial charge in [-0.2, -0.15) is 0 Å². The molecule has 1 aromatic carbocycles. The lowest BCUT2D eigenvalue weighted by atomic mass is 10.1. The Morgan fingerprint density at radius 3 is 2.82 bits per heavy atom. The van der Waals surface area contributed by atoms with Crippen molar-refractivity contribution in [2.75, 3.05) is 13.2 Å². The van der Waals surface area contributed by atoms with Crippen LogP contribution in [0.15, 0.2) is 29.8 Å². The molecule has 1 rings (SSSR count). The second-order valence-corrected chi connectivity index (χ2v) is 4.30. The summed E-state index contributed by atoms with van der Waals surface area (Å²) in [6.45, 7) is 5.53. The van der Waals surface area contributed by atoms with Gasteiger partial charge in [-0.15, -0.1) is 0 Å². The molecule has 0 aliphatic carbocycles. The molecule has 0 saturated heterocycles. The fourth-order valence-corrected chi connectivity index (χ4v) is 1.82. The number of ether oxygens (including phenoxy) is 1. The number of rotatable bonds is 6. The predicted octanol–water partition coefficient (Wildman–Crippen LogP) is 4.14. The standard InChI is InChI=1S/C13H17Cl2NO/c1-3-16-10(2)11-5-6-13(12(15)9-11)17-8-4-7-14/h4-7,9-10,16H,3,8H2,1-2H3/b7-4+. The fraction of sp³-hybridized carbons (Fsp3) is 0.385. The molecule has 1 aromatic rings. The zero-order chi connectivity index (χ0) is 12.7. The zero-order valence-electron chi connectivity index (χ0n) is 10.0. The number of nitrogens with one attached hydrogen (secondary N) is 1. The molecule has 0 radical (unpaired) electrons. The maximum Gasteiger partial charge on any atom is 0.138 e. The number of hydrogen-bond acceptors (Lipinski definition) is 2. The Morgan fingerprint density at radius 1 is 1.47 bits per heavy atom. The molecule has 2 nitrogen and oxygen atoms in total. The van der Waals surface area contributed by atoms with Gasteiger partial charge in [0.15, 0.2) is 0 Å². The molecular formula is C13H17Cl2NO. The summed E-state index contributed by atoms with van der Waals surface area (Å²) in [7, 11) is 0. The topological polar surface area (TPSA) is 21.3 Å². The first-order valence-electron chi connectivity index (χ1n) is 5.59. The van der Waals surface area contributed by atoms with E-state index in [1.54, 1.807) is 6.08 Å². The molecule has 0 saturated carbocycles. The van der Waals surface area contributed by atoms with Crippen molar-refractivity contribution in [3.05, 3.63) is 40.4 Å². The minimum Gasteiger partial charge on any atom is -0.488 e. The van der Waals surface area contributed by atoms with Crippen LogP contribution < -0.4 is 10.1 Å². The van der Waals surface area contributed by atoms with Gasteiger partial charge in [-0.1, -0.05) is 36.2 Å². The lowest BCUT2D eigenvalue weighted by Gasteiger charge is -2.14. The molecule has 4 heteroatoms. The van der Waals surface area contributed by atoms with E-state index in [4.69, 9.17) is 27.9 Å². The van der Waals surface area contributed by atoms with E-state index in [1.165, 1.54) is 5.54 Å². The van der Waals surface area contributed by atoms with Crippen molar-refractivity contribution in [3.63, 3.8) is 0 Å². The van der Waals surface area contributed by atoms with Crippen molar-refractivity contribution in [2.45, 2.75) is 19.9 Å². The molecule has 0 aliphatic heterocycles. The van der Waals surface area contributed by atoms with Gasteiger partial charge in [0.2, 0.25) is 0 Å². The van der Waals surface area contributed by atoms with Crippen LogP contribution in [0.2, 0.25) is 5.02 Å². The van der Waals surface area contributed by atoms with Crippen molar-refractivity contribution >= 4 is 23.2 Å². The Balaban J connectivity index is 2.71. The van der Waals surface area contributed by atoms with Crippen molar-refractivity contribution in [1.29, 1.82) is 0 Å². The Bertz CT molecular complexity index is 380. The minimum atomic E-state index is 0.286. The maximum atomic E-state index is 6.14. The number of benzene rings is 1. The van der Waals surface area contributed by atoms with Crippen LogP contribution in [0.3, 0.4) is 0 Å². The molecule has 1 N–H and O–H groups in total. The van der Waals surface area contributed by atoms with Crippen molar-refractivity contribution in [2.24, 2.45) is 0 Å². The largest absolute Gasteiger partial charge is 0.488 e. The number of hydrogen-bond donors (Lipinski definition) is 1. The van der Waals surface area contributed by atoms with Gasteiger partial charge >= 0.3 is 0 Å². The van der Waals surface area contributed by atoms with Crippen LogP contribution >= 0.6 is 23.2 Å². The molecule has 0 heterocycles. The second kappa shape index (κ2) is 7.59. The van der Waals surface area contributed by atoms with Gasteiger partial charge in [0.25, 0.3) is 0 Å². The van der Waals surface area contributed by atoms with Crippen LogP contribution in [0.5, 0.6) is 5.75 Å². The molecule has 94 valence electrons. The van der Waals surface area contributed by atoms with Crippen molar-refractivity contribution in [1.82, 2.24) is 5.32 Å². The van der Waals surface area contributed by atoms with Crippen LogP contribution in [0, 0.1) is 0 Å². The number of halogens is 2. The Labute approximate surface area is 113 Å². The highest BCUT2D eigenvalue weighted by Gasteiger charge is 2.07. The SMILES string of the molecule is CCNC(C)c1ccc(OC/C=C/Cl)c(Cl)c1. The van der Waals surface area contributed by atoms with E-state index >= 15 is 0 Å². The molecule has 1 atom stereocenters. The van der Waals surface area contributed by atoms with E-state index in [2.05, 4.69) is 19.2 Å². The Morgan fingerprint density at radius 2 is 2.24 bits per heavy atom. The molecule has 0 spiro atoms. The molecule has 17 heavy (non-hydrogen) atoms. The fourth-order valence-electron chi connectivity index (χ4n) is 1.50.